The van der Waals surface area contributed by atoms with Crippen LogP contribution in [0.4, 0.5) is 18.9 Å². The molecule has 118 valence electrons. The van der Waals surface area contributed by atoms with Crippen molar-refractivity contribution in [1.82, 2.24) is 0 Å². The van der Waals surface area contributed by atoms with E-state index in [0.29, 0.717) is 10.6 Å². The van der Waals surface area contributed by atoms with Crippen LogP contribution in [-0.4, -0.2) is 5.91 Å². The molecule has 0 aliphatic heterocycles. The van der Waals surface area contributed by atoms with E-state index in [2.05, 4.69) is 26.1 Å². The first-order valence-corrected chi connectivity index (χ1v) is 7.48. The summed E-state index contributed by atoms with van der Waals surface area (Å²) < 4.78 is 37.4. The van der Waals surface area contributed by atoms with E-state index in [0.717, 1.165) is 17.0 Å². The number of rotatable bonds is 2. The molecule has 2 aromatic rings. The van der Waals surface area contributed by atoms with E-state index in [-0.39, 0.29) is 11.3 Å². The maximum Gasteiger partial charge on any atom is 0.416 e. The van der Waals surface area contributed by atoms with Crippen LogP contribution in [0.25, 0.3) is 0 Å². The van der Waals surface area contributed by atoms with Gasteiger partial charge in [-0.1, -0.05) is 20.8 Å². The zero-order valence-corrected chi connectivity index (χ0v) is 13.2. The minimum Gasteiger partial charge on any atom is -0.321 e. The van der Waals surface area contributed by atoms with Crippen molar-refractivity contribution in [2.75, 3.05) is 5.32 Å². The first kappa shape index (κ1) is 16.5. The molecule has 1 aromatic carbocycles. The van der Waals surface area contributed by atoms with E-state index >= 15 is 0 Å². The predicted molar refractivity (Wildman–Crippen MR) is 82.4 cm³/mol. The molecule has 2 nitrogen and oxygen atoms in total. The third-order valence-electron chi connectivity index (χ3n) is 3.04. The van der Waals surface area contributed by atoms with Crippen LogP contribution in [0.5, 0.6) is 0 Å². The lowest BCUT2D eigenvalue weighted by Crippen LogP contribution is -2.11. The summed E-state index contributed by atoms with van der Waals surface area (Å²) in [5, 5.41) is 2.61. The third-order valence-corrected chi connectivity index (χ3v) is 4.55. The molecule has 22 heavy (non-hydrogen) atoms. The van der Waals surface area contributed by atoms with Crippen LogP contribution < -0.4 is 5.32 Å². The fourth-order valence-corrected chi connectivity index (χ4v) is 2.76. The molecule has 0 aliphatic carbocycles. The Hall–Kier alpha value is -1.82. The largest absolute Gasteiger partial charge is 0.416 e. The molecule has 0 aliphatic rings. The SMILES string of the molecule is CC(C)(C)c1ccc(C(=O)Nc2ccc(C(F)(F)F)cc2)s1. The lowest BCUT2D eigenvalue weighted by Gasteiger charge is -2.15. The number of thiophene rings is 1. The molecular formula is C16H16F3NOS. The van der Waals surface area contributed by atoms with Gasteiger partial charge in [-0.2, -0.15) is 13.2 Å². The molecule has 6 heteroatoms. The smallest absolute Gasteiger partial charge is 0.321 e. The van der Waals surface area contributed by atoms with Gasteiger partial charge < -0.3 is 5.32 Å². The van der Waals surface area contributed by atoms with Gasteiger partial charge in [-0.3, -0.25) is 4.79 Å². The molecule has 2 rings (SSSR count). The van der Waals surface area contributed by atoms with Crippen molar-refractivity contribution in [2.24, 2.45) is 0 Å². The van der Waals surface area contributed by atoms with Crippen molar-refractivity contribution in [3.05, 3.63) is 51.7 Å². The molecule has 1 amide bonds. The average Bonchev–Trinajstić information content (AvgIpc) is 2.87. The molecule has 0 bridgehead atoms. The summed E-state index contributed by atoms with van der Waals surface area (Å²) in [6.07, 6.45) is -4.38. The van der Waals surface area contributed by atoms with Crippen LogP contribution in [0, 0.1) is 0 Å². The monoisotopic (exact) mass is 327 g/mol. The summed E-state index contributed by atoms with van der Waals surface area (Å²) in [6.45, 7) is 6.16. The first-order chi connectivity index (χ1) is 10.1. The van der Waals surface area contributed by atoms with Crippen molar-refractivity contribution in [3.8, 4) is 0 Å². The van der Waals surface area contributed by atoms with Crippen molar-refractivity contribution in [3.63, 3.8) is 0 Å². The van der Waals surface area contributed by atoms with Gasteiger partial charge in [-0.15, -0.1) is 11.3 Å². The Morgan fingerprint density at radius 1 is 1.00 bits per heavy atom. The number of benzene rings is 1. The van der Waals surface area contributed by atoms with Gasteiger partial charge in [0.05, 0.1) is 10.4 Å². The van der Waals surface area contributed by atoms with E-state index in [1.807, 2.05) is 6.07 Å². The second-order valence-electron chi connectivity index (χ2n) is 5.94. The van der Waals surface area contributed by atoms with Crippen LogP contribution in [-0.2, 0) is 11.6 Å². The van der Waals surface area contributed by atoms with Crippen molar-refractivity contribution in [2.45, 2.75) is 32.4 Å². The molecule has 0 atom stereocenters. The van der Waals surface area contributed by atoms with Gasteiger partial charge in [0.2, 0.25) is 0 Å². The minimum atomic E-state index is -4.38. The van der Waals surface area contributed by atoms with Gasteiger partial charge in [0.15, 0.2) is 0 Å². The Balaban J connectivity index is 2.11. The Bertz CT molecular complexity index is 666. The molecule has 0 fully saturated rings. The Morgan fingerprint density at radius 2 is 1.59 bits per heavy atom. The highest BCUT2D eigenvalue weighted by Crippen LogP contribution is 2.31. The fourth-order valence-electron chi connectivity index (χ4n) is 1.80. The molecule has 1 aromatic heterocycles. The number of nitrogens with one attached hydrogen (secondary N) is 1. The summed E-state index contributed by atoms with van der Waals surface area (Å²) in [7, 11) is 0. The van der Waals surface area contributed by atoms with E-state index < -0.39 is 11.7 Å². The maximum absolute atomic E-state index is 12.5. The van der Waals surface area contributed by atoms with E-state index in [1.54, 1.807) is 6.07 Å². The van der Waals surface area contributed by atoms with Crippen molar-refractivity contribution in [1.29, 1.82) is 0 Å². The molecular weight excluding hydrogens is 311 g/mol. The summed E-state index contributed by atoms with van der Waals surface area (Å²) in [5.74, 6) is -0.319. The number of carbonyl (C=O) groups excluding carboxylic acids is 1. The van der Waals surface area contributed by atoms with Crippen LogP contribution in [0.1, 0.15) is 40.9 Å². The normalized spacial score (nSPS) is 12.3. The number of amides is 1. The number of anilines is 1. The van der Waals surface area contributed by atoms with Crippen LogP contribution >= 0.6 is 11.3 Å². The lowest BCUT2D eigenvalue weighted by molar-refractivity contribution is -0.137. The fraction of sp³-hybridized carbons (Fsp3) is 0.312. The van der Waals surface area contributed by atoms with Gasteiger partial charge >= 0.3 is 6.18 Å². The van der Waals surface area contributed by atoms with Gasteiger partial charge in [-0.25, -0.2) is 0 Å². The topological polar surface area (TPSA) is 29.1 Å². The van der Waals surface area contributed by atoms with Crippen LogP contribution in [0.2, 0.25) is 0 Å². The average molecular weight is 327 g/mol. The number of halogens is 3. The molecule has 0 saturated carbocycles. The predicted octanol–water partition coefficient (Wildman–Crippen LogP) is 5.32. The maximum atomic E-state index is 12.5. The molecule has 0 saturated heterocycles. The number of hydrogen-bond donors (Lipinski definition) is 1. The minimum absolute atomic E-state index is 0.0441. The van der Waals surface area contributed by atoms with Crippen molar-refractivity contribution >= 4 is 22.9 Å². The standard InChI is InChI=1S/C16H16F3NOS/c1-15(2,3)13-9-8-12(22-13)14(21)20-11-6-4-10(5-7-11)16(17,18)19/h4-9H,1-3H3,(H,20,21). The Morgan fingerprint density at radius 3 is 2.05 bits per heavy atom. The highest BCUT2D eigenvalue weighted by Gasteiger charge is 2.30. The Kier molecular flexibility index (Phi) is 4.33. The number of alkyl halides is 3. The van der Waals surface area contributed by atoms with Gasteiger partial charge in [0.1, 0.15) is 0 Å². The zero-order valence-electron chi connectivity index (χ0n) is 12.4. The second-order valence-corrected chi connectivity index (χ2v) is 7.03. The van der Waals surface area contributed by atoms with E-state index in [4.69, 9.17) is 0 Å². The highest BCUT2D eigenvalue weighted by molar-refractivity contribution is 7.14. The molecule has 0 radical (unpaired) electrons. The van der Waals surface area contributed by atoms with E-state index in [1.165, 1.54) is 23.5 Å². The lowest BCUT2D eigenvalue weighted by atomic mass is 9.95. The molecule has 0 unspecified atom stereocenters. The highest BCUT2D eigenvalue weighted by atomic mass is 32.1. The van der Waals surface area contributed by atoms with Crippen LogP contribution in [0.3, 0.4) is 0 Å². The number of hydrogen-bond acceptors (Lipinski definition) is 2. The second kappa shape index (κ2) is 5.76. The summed E-state index contributed by atoms with van der Waals surface area (Å²) in [6, 6.07) is 8.02. The summed E-state index contributed by atoms with van der Waals surface area (Å²) >= 11 is 1.38. The van der Waals surface area contributed by atoms with Crippen molar-refractivity contribution < 1.29 is 18.0 Å². The molecule has 0 spiro atoms. The third kappa shape index (κ3) is 3.88. The van der Waals surface area contributed by atoms with Crippen LogP contribution in [0.15, 0.2) is 36.4 Å². The molecule has 1 heterocycles. The van der Waals surface area contributed by atoms with Gasteiger partial charge in [-0.05, 0) is 41.8 Å². The molecule has 1 N–H and O–H groups in total. The zero-order chi connectivity index (χ0) is 16.5. The first-order valence-electron chi connectivity index (χ1n) is 6.66. The number of carbonyl (C=O) groups is 1. The Labute approximate surface area is 131 Å². The van der Waals surface area contributed by atoms with Gasteiger partial charge in [0, 0.05) is 10.6 Å². The van der Waals surface area contributed by atoms with E-state index in [9.17, 15) is 18.0 Å². The summed E-state index contributed by atoms with van der Waals surface area (Å²) in [4.78, 5) is 13.7. The summed E-state index contributed by atoms with van der Waals surface area (Å²) in [5.41, 5.74) is -0.447. The quantitative estimate of drug-likeness (QED) is 0.795. The van der Waals surface area contributed by atoms with Gasteiger partial charge in [0.25, 0.3) is 5.91 Å².